The number of nitrogens with zero attached hydrogens (tertiary/aromatic N) is 1. The zero-order valence-electron chi connectivity index (χ0n) is 15.3. The van der Waals surface area contributed by atoms with Crippen LogP contribution in [0.25, 0.3) is 6.08 Å². The van der Waals surface area contributed by atoms with Crippen LogP contribution in [0.3, 0.4) is 0 Å². The molecule has 0 saturated carbocycles. The van der Waals surface area contributed by atoms with Crippen molar-refractivity contribution < 1.29 is 19.1 Å². The second-order valence-corrected chi connectivity index (χ2v) is 7.00. The first-order valence-corrected chi connectivity index (χ1v) is 9.56. The normalized spacial score (nSPS) is 15.5. The van der Waals surface area contributed by atoms with Crippen molar-refractivity contribution >= 4 is 29.0 Å². The molecule has 140 valence electrons. The monoisotopic (exact) mass is 383 g/mol. The molecule has 0 unspecified atom stereocenters. The fraction of sp³-hybridized carbons (Fsp3) is 0.238. The molecule has 6 heteroatoms. The Balaban J connectivity index is 1.63. The van der Waals surface area contributed by atoms with Crippen LogP contribution >= 0.6 is 11.8 Å². The lowest BCUT2D eigenvalue weighted by Gasteiger charge is -2.13. The predicted molar refractivity (Wildman–Crippen MR) is 107 cm³/mol. The molecule has 1 fully saturated rings. The van der Waals surface area contributed by atoms with Crippen molar-refractivity contribution in [3.8, 4) is 11.5 Å². The quantitative estimate of drug-likeness (QED) is 0.659. The SMILES string of the molecule is CCOc1cccc(/C=C2\SC(=O)N(CCOc3cccc(C)c3)C2=O)c1. The number of carbonyl (C=O) groups excluding carboxylic acids is 2. The lowest BCUT2D eigenvalue weighted by atomic mass is 10.2. The number of ether oxygens (including phenoxy) is 2. The molecule has 0 N–H and O–H groups in total. The maximum atomic E-state index is 12.6. The van der Waals surface area contributed by atoms with Crippen LogP contribution in [0.2, 0.25) is 0 Å². The summed E-state index contributed by atoms with van der Waals surface area (Å²) in [5, 5.41) is -0.278. The Hall–Kier alpha value is -2.73. The van der Waals surface area contributed by atoms with Gasteiger partial charge in [-0.05, 0) is 67.1 Å². The van der Waals surface area contributed by atoms with Gasteiger partial charge in [-0.25, -0.2) is 0 Å². The van der Waals surface area contributed by atoms with Crippen LogP contribution in [-0.4, -0.2) is 35.8 Å². The largest absolute Gasteiger partial charge is 0.494 e. The third-order valence-corrected chi connectivity index (χ3v) is 4.82. The summed E-state index contributed by atoms with van der Waals surface area (Å²) in [6, 6.07) is 15.1. The van der Waals surface area contributed by atoms with E-state index in [0.29, 0.717) is 11.5 Å². The average molecular weight is 383 g/mol. The first-order chi connectivity index (χ1) is 13.1. The highest BCUT2D eigenvalue weighted by atomic mass is 32.2. The van der Waals surface area contributed by atoms with Gasteiger partial charge in [0.25, 0.3) is 11.1 Å². The van der Waals surface area contributed by atoms with E-state index in [1.165, 1.54) is 4.90 Å². The van der Waals surface area contributed by atoms with E-state index in [-0.39, 0.29) is 24.3 Å². The zero-order valence-corrected chi connectivity index (χ0v) is 16.1. The molecule has 0 aliphatic carbocycles. The van der Waals surface area contributed by atoms with Crippen molar-refractivity contribution in [3.63, 3.8) is 0 Å². The lowest BCUT2D eigenvalue weighted by Crippen LogP contribution is -2.32. The van der Waals surface area contributed by atoms with E-state index in [9.17, 15) is 9.59 Å². The number of imide groups is 1. The third kappa shape index (κ3) is 4.92. The van der Waals surface area contributed by atoms with E-state index in [1.54, 1.807) is 6.08 Å². The first-order valence-electron chi connectivity index (χ1n) is 8.74. The van der Waals surface area contributed by atoms with Crippen molar-refractivity contribution in [2.45, 2.75) is 13.8 Å². The fourth-order valence-corrected chi connectivity index (χ4v) is 3.53. The van der Waals surface area contributed by atoms with Gasteiger partial charge in [0.15, 0.2) is 0 Å². The van der Waals surface area contributed by atoms with Gasteiger partial charge >= 0.3 is 0 Å². The molecular formula is C21H21NO4S. The Kier molecular flexibility index (Phi) is 6.19. The fourth-order valence-electron chi connectivity index (χ4n) is 2.66. The summed E-state index contributed by atoms with van der Waals surface area (Å²) in [5.74, 6) is 1.17. The van der Waals surface area contributed by atoms with Crippen LogP contribution in [0.5, 0.6) is 11.5 Å². The molecule has 0 spiro atoms. The third-order valence-electron chi connectivity index (χ3n) is 3.91. The maximum Gasteiger partial charge on any atom is 0.293 e. The van der Waals surface area contributed by atoms with Gasteiger partial charge in [-0.2, -0.15) is 0 Å². The minimum Gasteiger partial charge on any atom is -0.494 e. The summed E-state index contributed by atoms with van der Waals surface area (Å²) < 4.78 is 11.1. The Morgan fingerprint density at radius 2 is 1.78 bits per heavy atom. The van der Waals surface area contributed by atoms with Crippen LogP contribution in [0.1, 0.15) is 18.1 Å². The Morgan fingerprint density at radius 1 is 1.04 bits per heavy atom. The molecule has 1 saturated heterocycles. The molecule has 2 amide bonds. The van der Waals surface area contributed by atoms with Gasteiger partial charge in [0.1, 0.15) is 18.1 Å². The highest BCUT2D eigenvalue weighted by molar-refractivity contribution is 8.18. The molecule has 0 atom stereocenters. The molecule has 1 aliphatic rings. The molecule has 1 aliphatic heterocycles. The van der Waals surface area contributed by atoms with Crippen LogP contribution in [0.4, 0.5) is 4.79 Å². The summed E-state index contributed by atoms with van der Waals surface area (Å²) in [6.07, 6.45) is 1.72. The van der Waals surface area contributed by atoms with Crippen molar-refractivity contribution in [2.24, 2.45) is 0 Å². The molecule has 0 aromatic heterocycles. The molecule has 27 heavy (non-hydrogen) atoms. The highest BCUT2D eigenvalue weighted by Gasteiger charge is 2.34. The molecule has 0 bridgehead atoms. The highest BCUT2D eigenvalue weighted by Crippen LogP contribution is 2.32. The van der Waals surface area contributed by atoms with Crippen molar-refractivity contribution in [1.82, 2.24) is 4.90 Å². The summed E-state index contributed by atoms with van der Waals surface area (Å²) in [4.78, 5) is 26.4. The van der Waals surface area contributed by atoms with Gasteiger partial charge in [-0.3, -0.25) is 14.5 Å². The lowest BCUT2D eigenvalue weighted by molar-refractivity contribution is -0.123. The number of rotatable bonds is 7. The van der Waals surface area contributed by atoms with Gasteiger partial charge in [-0.1, -0.05) is 24.3 Å². The number of carbonyl (C=O) groups is 2. The van der Waals surface area contributed by atoms with Crippen molar-refractivity contribution in [1.29, 1.82) is 0 Å². The van der Waals surface area contributed by atoms with Gasteiger partial charge < -0.3 is 9.47 Å². The molecular weight excluding hydrogens is 362 g/mol. The summed E-state index contributed by atoms with van der Waals surface area (Å²) in [5.41, 5.74) is 1.92. The number of amides is 2. The van der Waals surface area contributed by atoms with Crippen LogP contribution in [-0.2, 0) is 4.79 Å². The Bertz CT molecular complexity index is 878. The number of hydrogen-bond acceptors (Lipinski definition) is 5. The molecule has 2 aromatic rings. The van der Waals surface area contributed by atoms with E-state index in [4.69, 9.17) is 9.47 Å². The van der Waals surface area contributed by atoms with E-state index in [0.717, 1.165) is 34.4 Å². The van der Waals surface area contributed by atoms with E-state index < -0.39 is 0 Å². The van der Waals surface area contributed by atoms with Crippen molar-refractivity contribution in [2.75, 3.05) is 19.8 Å². The standard InChI is InChI=1S/C21H21NO4S/c1-3-25-18-9-5-7-16(13-18)14-19-20(23)22(21(24)27-19)10-11-26-17-8-4-6-15(2)12-17/h4-9,12-14H,3,10-11H2,1-2H3/b19-14-. The summed E-state index contributed by atoms with van der Waals surface area (Å²) in [7, 11) is 0. The zero-order chi connectivity index (χ0) is 19.2. The average Bonchev–Trinajstić information content (AvgIpc) is 2.90. The number of benzene rings is 2. The molecule has 2 aromatic carbocycles. The van der Waals surface area contributed by atoms with Gasteiger partial charge in [0.05, 0.1) is 18.1 Å². The molecule has 3 rings (SSSR count). The number of hydrogen-bond donors (Lipinski definition) is 0. The predicted octanol–water partition coefficient (Wildman–Crippen LogP) is 4.51. The second kappa shape index (κ2) is 8.77. The van der Waals surface area contributed by atoms with Gasteiger partial charge in [0.2, 0.25) is 0 Å². The minimum absolute atomic E-state index is 0.217. The Morgan fingerprint density at radius 3 is 2.52 bits per heavy atom. The van der Waals surface area contributed by atoms with E-state index in [2.05, 4.69) is 0 Å². The Labute approximate surface area is 163 Å². The minimum atomic E-state index is -0.292. The van der Waals surface area contributed by atoms with E-state index in [1.807, 2.05) is 62.4 Å². The molecule has 5 nitrogen and oxygen atoms in total. The van der Waals surface area contributed by atoms with Crippen LogP contribution in [0.15, 0.2) is 53.4 Å². The van der Waals surface area contributed by atoms with E-state index >= 15 is 0 Å². The van der Waals surface area contributed by atoms with Crippen LogP contribution < -0.4 is 9.47 Å². The summed E-state index contributed by atoms with van der Waals surface area (Å²) >= 11 is 0.947. The smallest absolute Gasteiger partial charge is 0.293 e. The van der Waals surface area contributed by atoms with Crippen molar-refractivity contribution in [3.05, 3.63) is 64.6 Å². The molecule has 1 heterocycles. The summed E-state index contributed by atoms with van der Waals surface area (Å²) in [6.45, 7) is 4.94. The second-order valence-electron chi connectivity index (χ2n) is 6.00. The first kappa shape index (κ1) is 19.0. The molecule has 0 radical (unpaired) electrons. The van der Waals surface area contributed by atoms with Gasteiger partial charge in [0, 0.05) is 0 Å². The maximum absolute atomic E-state index is 12.6. The topological polar surface area (TPSA) is 55.8 Å². The number of aryl methyl sites for hydroxylation is 1. The van der Waals surface area contributed by atoms with Gasteiger partial charge in [-0.15, -0.1) is 0 Å². The number of thioether (sulfide) groups is 1. The van der Waals surface area contributed by atoms with Crippen LogP contribution in [0, 0.1) is 6.92 Å².